The maximum atomic E-state index is 9.93. The van der Waals surface area contributed by atoms with Gasteiger partial charge in [0.15, 0.2) is 0 Å². The first-order chi connectivity index (χ1) is 4.16. The minimum atomic E-state index is -0.839. The van der Waals surface area contributed by atoms with Gasteiger partial charge >= 0.3 is 5.97 Å². The van der Waals surface area contributed by atoms with Crippen LogP contribution in [0.5, 0.6) is 0 Å². The molecule has 0 fully saturated rings. The molecule has 0 aliphatic carbocycles. The molecule has 4 nitrogen and oxygen atoms in total. The Balaban J connectivity index is 3.16. The summed E-state index contributed by atoms with van der Waals surface area (Å²) in [6.07, 6.45) is 0.0432. The van der Waals surface area contributed by atoms with Gasteiger partial charge in [0.25, 0.3) is 0 Å². The minimum absolute atomic E-state index is 0.00281. The Morgan fingerprint density at radius 2 is 2.44 bits per heavy atom. The lowest BCUT2D eigenvalue weighted by Gasteiger charge is -2.07. The molecule has 0 aliphatic rings. The van der Waals surface area contributed by atoms with Crippen LogP contribution in [0.4, 0.5) is 0 Å². The van der Waals surface area contributed by atoms with Crippen LogP contribution in [-0.4, -0.2) is 23.8 Å². The first kappa shape index (κ1) is 9.12. The van der Waals surface area contributed by atoms with E-state index in [0.29, 0.717) is 0 Å². The fourth-order valence-corrected chi connectivity index (χ4v) is 0.499. The zero-order valence-corrected chi connectivity index (χ0v) is 7.18. The molecular weight excluding hydrogens is 235 g/mol. The summed E-state index contributed by atoms with van der Waals surface area (Å²) in [7, 11) is 0. The highest BCUT2D eigenvalue weighted by atomic mass is 127. The quantitative estimate of drug-likeness (QED) is 0.368. The Labute approximate surface area is 67.5 Å². The van der Waals surface area contributed by atoms with Gasteiger partial charge in [-0.3, -0.25) is 10.1 Å². The third-order valence-corrected chi connectivity index (χ3v) is 1.66. The summed E-state index contributed by atoms with van der Waals surface area (Å²) < 4.78 is 2.82. The number of halogens is 1. The zero-order valence-electron chi connectivity index (χ0n) is 5.02. The van der Waals surface area contributed by atoms with E-state index in [1.165, 1.54) is 0 Å². The van der Waals surface area contributed by atoms with Gasteiger partial charge in [-0.15, -0.1) is 0 Å². The molecule has 3 N–H and O–H groups in total. The van der Waals surface area contributed by atoms with Crippen LogP contribution in [-0.2, 0) is 4.79 Å². The molecule has 0 aromatic heterocycles. The van der Waals surface area contributed by atoms with Gasteiger partial charge in [0.2, 0.25) is 0 Å². The molecule has 0 bridgehead atoms. The van der Waals surface area contributed by atoms with Crippen molar-refractivity contribution in [3.05, 3.63) is 0 Å². The Morgan fingerprint density at radius 3 is 2.78 bits per heavy atom. The van der Waals surface area contributed by atoms with Gasteiger partial charge in [-0.05, 0) is 6.92 Å². The van der Waals surface area contributed by atoms with Crippen LogP contribution >= 0.6 is 22.9 Å². The van der Waals surface area contributed by atoms with Crippen LogP contribution in [0.15, 0.2) is 0 Å². The predicted octanol–water partition coefficient (Wildman–Crippen LogP) is -0.0538. The van der Waals surface area contributed by atoms with Gasteiger partial charge in [-0.1, -0.05) is 0 Å². The Bertz CT molecular complexity index is 98.6. The van der Waals surface area contributed by atoms with Crippen molar-refractivity contribution < 1.29 is 9.90 Å². The van der Waals surface area contributed by atoms with E-state index in [-0.39, 0.29) is 12.7 Å². The summed E-state index contributed by atoms with van der Waals surface area (Å²) in [5.74, 6) is -0.839. The number of carboxylic acids is 1. The van der Waals surface area contributed by atoms with E-state index >= 15 is 0 Å². The van der Waals surface area contributed by atoms with Crippen molar-refractivity contribution in [1.82, 2.24) is 8.85 Å². The molecule has 0 aromatic rings. The molecule has 9 heavy (non-hydrogen) atoms. The predicted molar refractivity (Wildman–Crippen MR) is 42.3 cm³/mol. The normalized spacial score (nSPS) is 13.1. The Hall–Kier alpha value is 0.120. The second kappa shape index (κ2) is 4.95. The summed E-state index contributed by atoms with van der Waals surface area (Å²) in [4.78, 5) is 9.93. The van der Waals surface area contributed by atoms with Crippen LogP contribution in [0.2, 0.25) is 0 Å². The highest BCUT2D eigenvalue weighted by Crippen LogP contribution is 1.77. The van der Waals surface area contributed by atoms with Gasteiger partial charge < -0.3 is 5.11 Å². The van der Waals surface area contributed by atoms with Gasteiger partial charge in [0.05, 0.1) is 12.7 Å². The van der Waals surface area contributed by atoms with E-state index in [0.717, 1.165) is 0 Å². The minimum Gasteiger partial charge on any atom is -0.480 e. The third kappa shape index (κ3) is 6.00. The summed E-state index contributed by atoms with van der Waals surface area (Å²) >= 11 is 1.95. The van der Waals surface area contributed by atoms with Crippen LogP contribution in [0.3, 0.4) is 0 Å². The van der Waals surface area contributed by atoms with Crippen LogP contribution in [0, 0.1) is 0 Å². The number of aliphatic carboxylic acids is 1. The van der Waals surface area contributed by atoms with Crippen LogP contribution in [0.25, 0.3) is 0 Å². The summed E-state index contributed by atoms with van der Waals surface area (Å²) in [5, 5.41) is 10.9. The van der Waals surface area contributed by atoms with E-state index < -0.39 is 5.97 Å². The molecule has 0 aromatic carbocycles. The molecule has 0 saturated heterocycles. The fraction of sp³-hybridized carbons (Fsp3) is 0.750. The number of nitrogens with one attached hydrogen (secondary N) is 2. The molecule has 0 saturated carbocycles. The molecule has 0 aliphatic heterocycles. The standard InChI is InChI=1S/C4H9IN2O2/c1-3(7-5)6-2-4(8)9/h3,6-7H,2H2,1H3,(H,8,9). The smallest absolute Gasteiger partial charge is 0.317 e. The van der Waals surface area contributed by atoms with E-state index in [4.69, 9.17) is 5.11 Å². The SMILES string of the molecule is CC(NI)NCC(=O)O. The maximum absolute atomic E-state index is 9.93. The molecule has 0 spiro atoms. The lowest BCUT2D eigenvalue weighted by Crippen LogP contribution is -2.37. The van der Waals surface area contributed by atoms with E-state index in [2.05, 4.69) is 8.85 Å². The van der Waals surface area contributed by atoms with Crippen molar-refractivity contribution in [3.63, 3.8) is 0 Å². The van der Waals surface area contributed by atoms with Crippen molar-refractivity contribution in [2.45, 2.75) is 13.1 Å². The topological polar surface area (TPSA) is 61.4 Å². The van der Waals surface area contributed by atoms with Crippen molar-refractivity contribution in [2.75, 3.05) is 6.54 Å². The number of hydrogen-bond acceptors (Lipinski definition) is 3. The Kier molecular flexibility index (Phi) is 5.02. The molecule has 0 rings (SSSR count). The lowest BCUT2D eigenvalue weighted by molar-refractivity contribution is -0.136. The summed E-state index contributed by atoms with van der Waals surface area (Å²) in [6.45, 7) is 1.84. The molecule has 5 heteroatoms. The molecular formula is C4H9IN2O2. The van der Waals surface area contributed by atoms with E-state index in [9.17, 15) is 4.79 Å². The zero-order chi connectivity index (χ0) is 7.28. The van der Waals surface area contributed by atoms with Crippen molar-refractivity contribution >= 4 is 28.8 Å². The van der Waals surface area contributed by atoms with Crippen molar-refractivity contribution in [1.29, 1.82) is 0 Å². The monoisotopic (exact) mass is 244 g/mol. The highest BCUT2D eigenvalue weighted by Gasteiger charge is 1.99. The highest BCUT2D eigenvalue weighted by molar-refractivity contribution is 14.1. The van der Waals surface area contributed by atoms with Gasteiger partial charge in [-0.25, -0.2) is 3.53 Å². The first-order valence-corrected chi connectivity index (χ1v) is 3.56. The Morgan fingerprint density at radius 1 is 1.89 bits per heavy atom. The number of rotatable bonds is 4. The van der Waals surface area contributed by atoms with Crippen molar-refractivity contribution in [2.24, 2.45) is 0 Å². The van der Waals surface area contributed by atoms with Crippen LogP contribution in [0.1, 0.15) is 6.92 Å². The summed E-state index contributed by atoms with van der Waals surface area (Å²) in [5.41, 5.74) is 0. The second-order valence-corrected chi connectivity index (χ2v) is 2.23. The van der Waals surface area contributed by atoms with Crippen LogP contribution < -0.4 is 8.85 Å². The molecule has 1 unspecified atom stereocenters. The summed E-state index contributed by atoms with van der Waals surface area (Å²) in [6, 6.07) is 0. The van der Waals surface area contributed by atoms with Crippen molar-refractivity contribution in [3.8, 4) is 0 Å². The second-order valence-electron chi connectivity index (χ2n) is 1.61. The average molecular weight is 244 g/mol. The molecule has 0 heterocycles. The molecule has 1 atom stereocenters. The molecule has 54 valence electrons. The van der Waals surface area contributed by atoms with Gasteiger partial charge in [0, 0.05) is 22.9 Å². The molecule has 0 radical (unpaired) electrons. The first-order valence-electron chi connectivity index (χ1n) is 2.48. The van der Waals surface area contributed by atoms with E-state index in [1.807, 2.05) is 29.8 Å². The number of carbonyl (C=O) groups is 1. The van der Waals surface area contributed by atoms with Gasteiger partial charge in [-0.2, -0.15) is 0 Å². The maximum Gasteiger partial charge on any atom is 0.317 e. The third-order valence-electron chi connectivity index (χ3n) is 0.723. The number of hydrogen-bond donors (Lipinski definition) is 3. The number of carboxylic acid groups (broad SMARTS) is 1. The largest absolute Gasteiger partial charge is 0.480 e. The lowest BCUT2D eigenvalue weighted by atomic mass is 10.5. The van der Waals surface area contributed by atoms with Gasteiger partial charge in [0.1, 0.15) is 0 Å². The fourth-order valence-electron chi connectivity index (χ4n) is 0.279. The van der Waals surface area contributed by atoms with E-state index in [1.54, 1.807) is 0 Å². The average Bonchev–Trinajstić information content (AvgIpc) is 1.83. The molecule has 0 amide bonds.